The molecule has 0 saturated carbocycles. The Balaban J connectivity index is 2.44. The van der Waals surface area contributed by atoms with E-state index in [1.807, 2.05) is 38.1 Å². The van der Waals surface area contributed by atoms with E-state index in [4.69, 9.17) is 10.5 Å². The quantitative estimate of drug-likeness (QED) is 0.900. The average molecular weight is 243 g/mol. The summed E-state index contributed by atoms with van der Waals surface area (Å²) in [7, 11) is 1.70. The van der Waals surface area contributed by atoms with Crippen LogP contribution in [0.15, 0.2) is 30.3 Å². The number of nitrogen functional groups attached to an aromatic ring is 1. The maximum atomic E-state index is 5.67. The van der Waals surface area contributed by atoms with Gasteiger partial charge in [0.25, 0.3) is 0 Å². The smallest absolute Gasteiger partial charge is 0.220 e. The third-order valence-corrected chi connectivity index (χ3v) is 2.88. The van der Waals surface area contributed by atoms with Crippen molar-refractivity contribution in [1.82, 2.24) is 9.97 Å². The van der Waals surface area contributed by atoms with Gasteiger partial charge >= 0.3 is 0 Å². The zero-order valence-electron chi connectivity index (χ0n) is 10.8. The highest BCUT2D eigenvalue weighted by molar-refractivity contribution is 5.61. The summed E-state index contributed by atoms with van der Waals surface area (Å²) in [5.74, 6) is 0.301. The Morgan fingerprint density at radius 1 is 1.22 bits per heavy atom. The molecule has 0 radical (unpaired) electrons. The standard InChI is InChI=1S/C14H17N3O/c1-9-7-13(17-14(15)16-9)12-6-4-5-11(8-12)10(2)18-3/h4-8,10H,1-3H3,(H2,15,16,17)/t10-/m0/s1. The fourth-order valence-corrected chi connectivity index (χ4v) is 1.83. The summed E-state index contributed by atoms with van der Waals surface area (Å²) in [4.78, 5) is 8.33. The number of hydrogen-bond donors (Lipinski definition) is 1. The van der Waals surface area contributed by atoms with Crippen molar-refractivity contribution in [2.45, 2.75) is 20.0 Å². The largest absolute Gasteiger partial charge is 0.377 e. The van der Waals surface area contributed by atoms with Crippen LogP contribution in [0.5, 0.6) is 0 Å². The van der Waals surface area contributed by atoms with Crippen LogP contribution < -0.4 is 5.73 Å². The van der Waals surface area contributed by atoms with E-state index in [0.717, 1.165) is 22.5 Å². The number of ether oxygens (including phenoxy) is 1. The molecular weight excluding hydrogens is 226 g/mol. The lowest BCUT2D eigenvalue weighted by Crippen LogP contribution is -1.99. The monoisotopic (exact) mass is 243 g/mol. The van der Waals surface area contributed by atoms with Gasteiger partial charge in [0.15, 0.2) is 0 Å². The third-order valence-electron chi connectivity index (χ3n) is 2.88. The predicted molar refractivity (Wildman–Crippen MR) is 72.0 cm³/mol. The van der Waals surface area contributed by atoms with Gasteiger partial charge < -0.3 is 10.5 Å². The van der Waals surface area contributed by atoms with Gasteiger partial charge in [-0.3, -0.25) is 0 Å². The van der Waals surface area contributed by atoms with Crippen LogP contribution >= 0.6 is 0 Å². The van der Waals surface area contributed by atoms with Gasteiger partial charge in [-0.1, -0.05) is 18.2 Å². The van der Waals surface area contributed by atoms with Crippen molar-refractivity contribution < 1.29 is 4.74 Å². The Morgan fingerprint density at radius 3 is 2.67 bits per heavy atom. The second-order valence-corrected chi connectivity index (χ2v) is 4.26. The number of hydrogen-bond acceptors (Lipinski definition) is 4. The van der Waals surface area contributed by atoms with Crippen molar-refractivity contribution in [3.8, 4) is 11.3 Å². The van der Waals surface area contributed by atoms with E-state index >= 15 is 0 Å². The fraction of sp³-hybridized carbons (Fsp3) is 0.286. The summed E-state index contributed by atoms with van der Waals surface area (Å²) in [5, 5.41) is 0. The van der Waals surface area contributed by atoms with Gasteiger partial charge in [0, 0.05) is 18.4 Å². The number of anilines is 1. The molecule has 0 aliphatic heterocycles. The first kappa shape index (κ1) is 12.5. The topological polar surface area (TPSA) is 61.0 Å². The van der Waals surface area contributed by atoms with Gasteiger partial charge in [-0.15, -0.1) is 0 Å². The first-order valence-corrected chi connectivity index (χ1v) is 5.84. The van der Waals surface area contributed by atoms with E-state index < -0.39 is 0 Å². The van der Waals surface area contributed by atoms with Crippen LogP contribution in [0.1, 0.15) is 24.3 Å². The molecule has 94 valence electrons. The number of aryl methyl sites for hydroxylation is 1. The van der Waals surface area contributed by atoms with E-state index in [1.54, 1.807) is 7.11 Å². The summed E-state index contributed by atoms with van der Waals surface area (Å²) in [5.41, 5.74) is 9.51. The van der Waals surface area contributed by atoms with Crippen molar-refractivity contribution >= 4 is 5.95 Å². The molecule has 18 heavy (non-hydrogen) atoms. The van der Waals surface area contributed by atoms with Gasteiger partial charge in [0.1, 0.15) is 0 Å². The van der Waals surface area contributed by atoms with Crippen LogP contribution in [-0.4, -0.2) is 17.1 Å². The number of rotatable bonds is 3. The molecule has 4 nitrogen and oxygen atoms in total. The van der Waals surface area contributed by atoms with Gasteiger partial charge in [0.05, 0.1) is 11.8 Å². The van der Waals surface area contributed by atoms with Gasteiger partial charge in [-0.2, -0.15) is 0 Å². The van der Waals surface area contributed by atoms with E-state index in [1.165, 1.54) is 0 Å². The maximum Gasteiger partial charge on any atom is 0.220 e. The zero-order chi connectivity index (χ0) is 13.1. The highest BCUT2D eigenvalue weighted by Gasteiger charge is 2.07. The molecule has 4 heteroatoms. The lowest BCUT2D eigenvalue weighted by Gasteiger charge is -2.11. The van der Waals surface area contributed by atoms with Crippen LogP contribution in [0.2, 0.25) is 0 Å². The molecule has 0 aliphatic rings. The summed E-state index contributed by atoms with van der Waals surface area (Å²) < 4.78 is 5.32. The number of nitrogens with zero attached hydrogens (tertiary/aromatic N) is 2. The molecule has 2 aromatic rings. The van der Waals surface area contributed by atoms with Gasteiger partial charge in [-0.05, 0) is 31.5 Å². The van der Waals surface area contributed by atoms with Crippen molar-refractivity contribution in [3.63, 3.8) is 0 Å². The lowest BCUT2D eigenvalue weighted by atomic mass is 10.0. The Morgan fingerprint density at radius 2 is 2.00 bits per heavy atom. The Bertz CT molecular complexity index is 534. The molecule has 0 unspecified atom stereocenters. The second kappa shape index (κ2) is 5.14. The molecular formula is C14H17N3O. The van der Waals surface area contributed by atoms with Crippen LogP contribution in [-0.2, 0) is 4.74 Å². The molecule has 0 bridgehead atoms. The number of methoxy groups -OCH3 is 1. The maximum absolute atomic E-state index is 5.67. The SMILES string of the molecule is CO[C@@H](C)c1cccc(-c2cc(C)nc(N)n2)c1. The van der Waals surface area contributed by atoms with Crippen molar-refractivity contribution in [3.05, 3.63) is 41.6 Å². The van der Waals surface area contributed by atoms with Crippen LogP contribution in [0.3, 0.4) is 0 Å². The van der Waals surface area contributed by atoms with E-state index in [-0.39, 0.29) is 6.10 Å². The Kier molecular flexibility index (Phi) is 3.58. The minimum absolute atomic E-state index is 0.0604. The third kappa shape index (κ3) is 2.65. The van der Waals surface area contributed by atoms with Crippen LogP contribution in [0.25, 0.3) is 11.3 Å². The number of nitrogens with two attached hydrogens (primary N) is 1. The minimum atomic E-state index is 0.0604. The Hall–Kier alpha value is -1.94. The highest BCUT2D eigenvalue weighted by atomic mass is 16.5. The molecule has 1 heterocycles. The number of aromatic nitrogens is 2. The van der Waals surface area contributed by atoms with E-state index in [9.17, 15) is 0 Å². The second-order valence-electron chi connectivity index (χ2n) is 4.26. The van der Waals surface area contributed by atoms with E-state index in [0.29, 0.717) is 5.95 Å². The fourth-order valence-electron chi connectivity index (χ4n) is 1.83. The average Bonchev–Trinajstić information content (AvgIpc) is 2.37. The molecule has 2 rings (SSSR count). The van der Waals surface area contributed by atoms with Gasteiger partial charge in [-0.25, -0.2) is 9.97 Å². The zero-order valence-corrected chi connectivity index (χ0v) is 10.8. The van der Waals surface area contributed by atoms with E-state index in [2.05, 4.69) is 16.0 Å². The molecule has 0 fully saturated rings. The first-order chi connectivity index (χ1) is 8.60. The van der Waals surface area contributed by atoms with Crippen molar-refractivity contribution in [2.75, 3.05) is 12.8 Å². The summed E-state index contributed by atoms with van der Waals surface area (Å²) >= 11 is 0. The van der Waals surface area contributed by atoms with Crippen LogP contribution in [0, 0.1) is 6.92 Å². The summed E-state index contributed by atoms with van der Waals surface area (Å²) in [6, 6.07) is 10.0. The predicted octanol–water partition coefficient (Wildman–Crippen LogP) is 2.74. The molecule has 1 aromatic carbocycles. The molecule has 0 aliphatic carbocycles. The van der Waals surface area contributed by atoms with Crippen molar-refractivity contribution in [2.24, 2.45) is 0 Å². The molecule has 2 N–H and O–H groups in total. The molecule has 0 amide bonds. The Labute approximate surface area is 107 Å². The molecule has 1 atom stereocenters. The first-order valence-electron chi connectivity index (χ1n) is 5.84. The molecule has 1 aromatic heterocycles. The minimum Gasteiger partial charge on any atom is -0.377 e. The lowest BCUT2D eigenvalue weighted by molar-refractivity contribution is 0.119. The normalized spacial score (nSPS) is 12.4. The molecule has 0 saturated heterocycles. The van der Waals surface area contributed by atoms with Crippen LogP contribution in [0.4, 0.5) is 5.95 Å². The van der Waals surface area contributed by atoms with Gasteiger partial charge in [0.2, 0.25) is 5.95 Å². The summed E-state index contributed by atoms with van der Waals surface area (Å²) in [6.07, 6.45) is 0.0604. The summed E-state index contributed by atoms with van der Waals surface area (Å²) in [6.45, 7) is 3.92. The molecule has 0 spiro atoms. The van der Waals surface area contributed by atoms with Crippen molar-refractivity contribution in [1.29, 1.82) is 0 Å². The number of benzene rings is 1. The highest BCUT2D eigenvalue weighted by Crippen LogP contribution is 2.23.